The Hall–Kier alpha value is -4.20. The van der Waals surface area contributed by atoms with Crippen molar-refractivity contribution in [1.29, 1.82) is 0 Å². The average molecular weight is 453 g/mol. The number of nitrogens with one attached hydrogen (secondary N) is 2. The van der Waals surface area contributed by atoms with Gasteiger partial charge in [0.25, 0.3) is 0 Å². The number of carbonyl (C=O) groups excluding carboxylic acids is 1. The molecule has 0 radical (unpaired) electrons. The van der Waals surface area contributed by atoms with E-state index >= 15 is 0 Å². The Balaban J connectivity index is 1.37. The standard InChI is InChI=1S/C26H24N6O2/c1-14-6-15(2)23-21(7-14)32(25(34)31-23)12-22-29-19-8-16-10-26(13-33,11-17(16)9-20(19)30-22)18-4-3-5-28-24(18)27/h3-9,13H,10-12H2,1-2H3,(H2,27,28)(H,29,30)(H,31,34). The van der Waals surface area contributed by atoms with Crippen molar-refractivity contribution in [1.82, 2.24) is 24.5 Å². The lowest BCUT2D eigenvalue weighted by Gasteiger charge is -2.23. The number of aryl methyl sites for hydroxylation is 2. The van der Waals surface area contributed by atoms with E-state index in [1.54, 1.807) is 10.8 Å². The summed E-state index contributed by atoms with van der Waals surface area (Å²) < 4.78 is 1.71. The van der Waals surface area contributed by atoms with Crippen LogP contribution in [0.25, 0.3) is 22.1 Å². The number of rotatable bonds is 4. The van der Waals surface area contributed by atoms with Crippen LogP contribution in [0.2, 0.25) is 0 Å². The molecule has 0 bridgehead atoms. The number of anilines is 1. The van der Waals surface area contributed by atoms with Crippen molar-refractivity contribution in [3.63, 3.8) is 0 Å². The van der Waals surface area contributed by atoms with Gasteiger partial charge in [-0.05, 0) is 73.2 Å². The molecule has 1 aliphatic rings. The zero-order valence-corrected chi connectivity index (χ0v) is 19.0. The first-order chi connectivity index (χ1) is 16.4. The van der Waals surface area contributed by atoms with Crippen LogP contribution >= 0.6 is 0 Å². The first-order valence-electron chi connectivity index (χ1n) is 11.2. The Bertz CT molecular complexity index is 1630. The normalized spacial score (nSPS) is 14.6. The third kappa shape index (κ3) is 2.98. The average Bonchev–Trinajstić information content (AvgIpc) is 3.46. The van der Waals surface area contributed by atoms with E-state index in [0.717, 1.165) is 56.2 Å². The molecule has 170 valence electrons. The number of H-pyrrole nitrogens is 2. The minimum atomic E-state index is -0.713. The Morgan fingerprint density at radius 1 is 1.15 bits per heavy atom. The van der Waals surface area contributed by atoms with Crippen molar-refractivity contribution < 1.29 is 4.79 Å². The van der Waals surface area contributed by atoms with Gasteiger partial charge in [-0.15, -0.1) is 0 Å². The zero-order chi connectivity index (χ0) is 23.6. The molecule has 0 aliphatic heterocycles. The number of carbonyl (C=O) groups is 1. The second kappa shape index (κ2) is 7.15. The number of aromatic nitrogens is 5. The Morgan fingerprint density at radius 2 is 1.94 bits per heavy atom. The highest BCUT2D eigenvalue weighted by Gasteiger charge is 2.40. The minimum absolute atomic E-state index is 0.156. The van der Waals surface area contributed by atoms with Crippen LogP contribution in [0.1, 0.15) is 33.6 Å². The molecule has 3 aromatic heterocycles. The predicted octanol–water partition coefficient (Wildman–Crippen LogP) is 3.08. The molecular formula is C26H24N6O2. The molecule has 6 rings (SSSR count). The molecular weight excluding hydrogens is 428 g/mol. The number of hydrogen-bond donors (Lipinski definition) is 3. The minimum Gasteiger partial charge on any atom is -0.383 e. The molecule has 0 saturated carbocycles. The van der Waals surface area contributed by atoms with E-state index in [1.165, 1.54) is 0 Å². The van der Waals surface area contributed by atoms with E-state index in [2.05, 4.69) is 27.1 Å². The topological polar surface area (TPSA) is 122 Å². The summed E-state index contributed by atoms with van der Waals surface area (Å²) in [5.41, 5.74) is 13.7. The van der Waals surface area contributed by atoms with Crippen molar-refractivity contribution in [3.05, 3.63) is 86.7 Å². The molecule has 8 nitrogen and oxygen atoms in total. The lowest BCUT2D eigenvalue weighted by Crippen LogP contribution is -2.30. The van der Waals surface area contributed by atoms with Gasteiger partial charge in [-0.3, -0.25) is 4.57 Å². The highest BCUT2D eigenvalue weighted by Crippen LogP contribution is 2.41. The summed E-state index contributed by atoms with van der Waals surface area (Å²) in [6.07, 6.45) is 3.75. The van der Waals surface area contributed by atoms with Gasteiger partial charge in [-0.25, -0.2) is 14.8 Å². The largest absolute Gasteiger partial charge is 0.383 e. The number of benzene rings is 2. The molecule has 0 spiro atoms. The number of nitrogen functional groups attached to an aromatic ring is 1. The van der Waals surface area contributed by atoms with Crippen molar-refractivity contribution in [2.45, 2.75) is 38.6 Å². The molecule has 2 aromatic carbocycles. The number of nitrogens with zero attached hydrogens (tertiary/aromatic N) is 3. The lowest BCUT2D eigenvalue weighted by atomic mass is 9.79. The van der Waals surface area contributed by atoms with Gasteiger partial charge in [0, 0.05) is 11.8 Å². The molecule has 34 heavy (non-hydrogen) atoms. The molecule has 8 heteroatoms. The summed E-state index contributed by atoms with van der Waals surface area (Å²) in [6.45, 7) is 4.36. The smallest absolute Gasteiger partial charge is 0.326 e. The molecule has 0 fully saturated rings. The fraction of sp³-hybridized carbons (Fsp3) is 0.231. The van der Waals surface area contributed by atoms with Crippen LogP contribution in [-0.2, 0) is 29.6 Å². The number of hydrogen-bond acceptors (Lipinski definition) is 5. The van der Waals surface area contributed by atoms with Gasteiger partial charge in [-0.2, -0.15) is 0 Å². The van der Waals surface area contributed by atoms with Gasteiger partial charge in [0.15, 0.2) is 0 Å². The van der Waals surface area contributed by atoms with E-state index < -0.39 is 5.41 Å². The zero-order valence-electron chi connectivity index (χ0n) is 19.0. The molecule has 1 aliphatic carbocycles. The van der Waals surface area contributed by atoms with Gasteiger partial charge >= 0.3 is 5.69 Å². The first-order valence-corrected chi connectivity index (χ1v) is 11.2. The summed E-state index contributed by atoms with van der Waals surface area (Å²) in [5, 5.41) is 0. The number of aldehydes is 1. The van der Waals surface area contributed by atoms with Gasteiger partial charge in [0.1, 0.15) is 17.9 Å². The van der Waals surface area contributed by atoms with Crippen molar-refractivity contribution in [3.8, 4) is 0 Å². The summed E-state index contributed by atoms with van der Waals surface area (Å²) in [6, 6.07) is 11.9. The molecule has 4 N–H and O–H groups in total. The second-order valence-corrected chi connectivity index (χ2v) is 9.38. The summed E-state index contributed by atoms with van der Waals surface area (Å²) >= 11 is 0. The van der Waals surface area contributed by atoms with Gasteiger partial charge in [-0.1, -0.05) is 12.1 Å². The molecule has 5 aromatic rings. The van der Waals surface area contributed by atoms with Crippen molar-refractivity contribution in [2.24, 2.45) is 0 Å². The van der Waals surface area contributed by atoms with Gasteiger partial charge < -0.3 is 20.5 Å². The molecule has 1 unspecified atom stereocenters. The van der Waals surface area contributed by atoms with Crippen molar-refractivity contribution >= 4 is 34.2 Å². The van der Waals surface area contributed by atoms with E-state index in [-0.39, 0.29) is 5.69 Å². The Labute approximate surface area is 194 Å². The highest BCUT2D eigenvalue weighted by atomic mass is 16.1. The van der Waals surface area contributed by atoms with E-state index in [1.807, 2.05) is 38.1 Å². The second-order valence-electron chi connectivity index (χ2n) is 9.38. The predicted molar refractivity (Wildman–Crippen MR) is 131 cm³/mol. The number of fused-ring (bicyclic) bond motifs is 3. The maximum absolute atomic E-state index is 12.7. The molecule has 0 saturated heterocycles. The van der Waals surface area contributed by atoms with E-state index in [9.17, 15) is 9.59 Å². The Kier molecular flexibility index (Phi) is 4.29. The van der Waals surface area contributed by atoms with Gasteiger partial charge in [0.2, 0.25) is 0 Å². The van der Waals surface area contributed by atoms with E-state index in [4.69, 9.17) is 10.7 Å². The van der Waals surface area contributed by atoms with Crippen LogP contribution in [-0.4, -0.2) is 30.8 Å². The molecule has 1 atom stereocenters. The lowest BCUT2D eigenvalue weighted by molar-refractivity contribution is -0.112. The summed E-state index contributed by atoms with van der Waals surface area (Å²) in [7, 11) is 0. The fourth-order valence-corrected chi connectivity index (χ4v) is 5.43. The number of aromatic amines is 2. The molecule has 0 amide bonds. The van der Waals surface area contributed by atoms with Crippen LogP contribution in [0.15, 0.2) is 47.4 Å². The number of nitrogens with two attached hydrogens (primary N) is 1. The molecule has 3 heterocycles. The third-order valence-corrected chi connectivity index (χ3v) is 7.00. The summed E-state index contributed by atoms with van der Waals surface area (Å²) in [4.78, 5) is 40.2. The van der Waals surface area contributed by atoms with Crippen molar-refractivity contribution in [2.75, 3.05) is 5.73 Å². The number of pyridine rings is 1. The van der Waals surface area contributed by atoms with Crippen LogP contribution in [0, 0.1) is 13.8 Å². The van der Waals surface area contributed by atoms with Crippen LogP contribution in [0.3, 0.4) is 0 Å². The SMILES string of the molecule is Cc1cc(C)c2[nH]c(=O)n(Cc3nc4cc5c(cc4[nH]3)CC(C=O)(c3cccnc3N)C5)c2c1. The van der Waals surface area contributed by atoms with Crippen LogP contribution in [0.4, 0.5) is 5.82 Å². The highest BCUT2D eigenvalue weighted by molar-refractivity contribution is 5.82. The third-order valence-electron chi connectivity index (χ3n) is 7.00. The van der Waals surface area contributed by atoms with Crippen LogP contribution in [0.5, 0.6) is 0 Å². The quantitative estimate of drug-likeness (QED) is 0.362. The summed E-state index contributed by atoms with van der Waals surface area (Å²) in [5.74, 6) is 1.10. The van der Waals surface area contributed by atoms with Crippen LogP contribution < -0.4 is 11.4 Å². The van der Waals surface area contributed by atoms with E-state index in [0.29, 0.717) is 31.0 Å². The fourth-order valence-electron chi connectivity index (χ4n) is 5.43. The monoisotopic (exact) mass is 452 g/mol. The van der Waals surface area contributed by atoms with Gasteiger partial charge in [0.05, 0.1) is 34.0 Å². The number of imidazole rings is 2. The maximum Gasteiger partial charge on any atom is 0.326 e. The first kappa shape index (κ1) is 20.4. The Morgan fingerprint density at radius 3 is 2.71 bits per heavy atom. The maximum atomic E-state index is 12.7.